The average molecular weight is 242 g/mol. The maximum atomic E-state index is 10.5. The molecule has 0 unspecified atom stereocenters. The Morgan fingerprint density at radius 2 is 1.85 bits per heavy atom. The molecule has 0 fully saturated rings. The number of carbonyl (C=O) groups is 2. The first kappa shape index (κ1) is 13.0. The summed E-state index contributed by atoms with van der Waals surface area (Å²) >= 11 is 8.81. The van der Waals surface area contributed by atoms with Gasteiger partial charge in [-0.2, -0.15) is 11.8 Å². The molecular weight excluding hydrogens is 232 g/mol. The van der Waals surface area contributed by atoms with Crippen molar-refractivity contribution in [2.75, 3.05) is 11.5 Å². The Labute approximate surface area is 90.9 Å². The highest BCUT2D eigenvalue weighted by Crippen LogP contribution is 2.25. The molecule has 2 N–H and O–H groups in total. The lowest BCUT2D eigenvalue weighted by Gasteiger charge is -2.15. The molecule has 76 valence electrons. The Kier molecular flexibility index (Phi) is 5.66. The third kappa shape index (κ3) is 6.11. The third-order valence-electron chi connectivity index (χ3n) is 1.11. The van der Waals surface area contributed by atoms with Crippen molar-refractivity contribution >= 4 is 49.0 Å². The number of aliphatic carboxylic acids is 2. The molecule has 0 aliphatic rings. The number of thioether (sulfide) groups is 1. The predicted molar refractivity (Wildman–Crippen MR) is 57.9 cm³/mol. The van der Waals surface area contributed by atoms with E-state index in [1.54, 1.807) is 0 Å². The monoisotopic (exact) mass is 242 g/mol. The van der Waals surface area contributed by atoms with Gasteiger partial charge in [0, 0.05) is 11.5 Å². The van der Waals surface area contributed by atoms with E-state index in [4.69, 9.17) is 10.2 Å². The number of thiol groups is 2. The van der Waals surface area contributed by atoms with Gasteiger partial charge in [-0.1, -0.05) is 0 Å². The third-order valence-corrected chi connectivity index (χ3v) is 3.36. The zero-order valence-electron chi connectivity index (χ0n) is 6.63. The SMILES string of the molecule is O=C(O)CCSCC(S)(S)C(=O)O. The van der Waals surface area contributed by atoms with Crippen LogP contribution >= 0.6 is 37.0 Å². The van der Waals surface area contributed by atoms with Gasteiger partial charge in [0.15, 0.2) is 4.08 Å². The molecule has 0 atom stereocenters. The van der Waals surface area contributed by atoms with Gasteiger partial charge in [-0.05, 0) is 0 Å². The first-order valence-corrected chi connectivity index (χ1v) is 5.39. The molecule has 0 aromatic carbocycles. The summed E-state index contributed by atoms with van der Waals surface area (Å²) in [5.74, 6) is -1.48. The van der Waals surface area contributed by atoms with E-state index in [2.05, 4.69) is 25.3 Å². The second-order valence-corrected chi connectivity index (χ2v) is 5.30. The molecule has 0 heterocycles. The van der Waals surface area contributed by atoms with E-state index in [1.807, 2.05) is 0 Å². The van der Waals surface area contributed by atoms with Gasteiger partial charge in [0.05, 0.1) is 6.42 Å². The summed E-state index contributed by atoms with van der Waals surface area (Å²) in [6, 6.07) is 0. The number of carboxylic acid groups (broad SMARTS) is 2. The second-order valence-electron chi connectivity index (χ2n) is 2.32. The summed E-state index contributed by atoms with van der Waals surface area (Å²) in [5.41, 5.74) is 0. The molecule has 0 saturated carbocycles. The van der Waals surface area contributed by atoms with Crippen LogP contribution in [-0.2, 0) is 9.59 Å². The van der Waals surface area contributed by atoms with Crippen LogP contribution in [0.25, 0.3) is 0 Å². The van der Waals surface area contributed by atoms with Gasteiger partial charge < -0.3 is 10.2 Å². The topological polar surface area (TPSA) is 74.6 Å². The van der Waals surface area contributed by atoms with E-state index in [-0.39, 0.29) is 12.2 Å². The van der Waals surface area contributed by atoms with Crippen LogP contribution in [-0.4, -0.2) is 37.7 Å². The van der Waals surface area contributed by atoms with Crippen LogP contribution in [0.5, 0.6) is 0 Å². The Morgan fingerprint density at radius 3 is 2.23 bits per heavy atom. The van der Waals surface area contributed by atoms with Crippen LogP contribution in [0.1, 0.15) is 6.42 Å². The quantitative estimate of drug-likeness (QED) is 0.315. The summed E-state index contributed by atoms with van der Waals surface area (Å²) in [4.78, 5) is 20.6. The van der Waals surface area contributed by atoms with E-state index >= 15 is 0 Å². The number of hydrogen-bond acceptors (Lipinski definition) is 5. The number of hydrogen-bond donors (Lipinski definition) is 4. The van der Waals surface area contributed by atoms with Crippen molar-refractivity contribution in [1.29, 1.82) is 0 Å². The highest BCUT2D eigenvalue weighted by molar-refractivity contribution is 8.06. The van der Waals surface area contributed by atoms with Gasteiger partial charge in [0.2, 0.25) is 0 Å². The van der Waals surface area contributed by atoms with Gasteiger partial charge in [0.25, 0.3) is 0 Å². The van der Waals surface area contributed by atoms with Gasteiger partial charge in [0.1, 0.15) is 0 Å². The highest BCUT2D eigenvalue weighted by Gasteiger charge is 2.29. The summed E-state index contributed by atoms with van der Waals surface area (Å²) in [6.07, 6.45) is 0.0158. The molecule has 0 saturated heterocycles. The summed E-state index contributed by atoms with van der Waals surface area (Å²) in [6.45, 7) is 0. The normalized spacial score (nSPS) is 11.2. The summed E-state index contributed by atoms with van der Waals surface area (Å²) in [7, 11) is 0. The molecule has 7 heteroatoms. The van der Waals surface area contributed by atoms with Crippen molar-refractivity contribution < 1.29 is 19.8 Å². The molecule has 13 heavy (non-hydrogen) atoms. The van der Waals surface area contributed by atoms with Crippen molar-refractivity contribution in [1.82, 2.24) is 0 Å². The van der Waals surface area contributed by atoms with Crippen LogP contribution < -0.4 is 0 Å². The minimum atomic E-state index is -1.39. The molecule has 0 spiro atoms. The van der Waals surface area contributed by atoms with Crippen LogP contribution in [0, 0.1) is 0 Å². The molecule has 0 aromatic heterocycles. The van der Waals surface area contributed by atoms with E-state index < -0.39 is 16.0 Å². The van der Waals surface area contributed by atoms with E-state index in [0.717, 1.165) is 0 Å². The zero-order chi connectivity index (χ0) is 10.5. The summed E-state index contributed by atoms with van der Waals surface area (Å²) in [5, 5.41) is 16.9. The summed E-state index contributed by atoms with van der Waals surface area (Å²) < 4.78 is -1.39. The van der Waals surface area contributed by atoms with Crippen LogP contribution in [0.4, 0.5) is 0 Å². The molecular formula is C6H10O4S3. The smallest absolute Gasteiger partial charge is 0.330 e. The average Bonchev–Trinajstić information content (AvgIpc) is 1.97. The van der Waals surface area contributed by atoms with E-state index in [9.17, 15) is 9.59 Å². The van der Waals surface area contributed by atoms with Crippen LogP contribution in [0.15, 0.2) is 0 Å². The maximum Gasteiger partial charge on any atom is 0.330 e. The van der Waals surface area contributed by atoms with Gasteiger partial charge in [-0.25, -0.2) is 4.79 Å². The largest absolute Gasteiger partial charge is 0.481 e. The van der Waals surface area contributed by atoms with Gasteiger partial charge in [-0.15, -0.1) is 25.3 Å². The Hall–Kier alpha value is -0.0100. The molecule has 0 bridgehead atoms. The fraction of sp³-hybridized carbons (Fsp3) is 0.667. The molecule has 0 radical (unpaired) electrons. The number of carboxylic acids is 2. The first-order valence-electron chi connectivity index (χ1n) is 3.34. The fourth-order valence-electron chi connectivity index (χ4n) is 0.436. The minimum absolute atomic E-state index is 0.0158. The van der Waals surface area contributed by atoms with Crippen LogP contribution in [0.3, 0.4) is 0 Å². The fourth-order valence-corrected chi connectivity index (χ4v) is 1.85. The van der Waals surface area contributed by atoms with Crippen molar-refractivity contribution in [3.63, 3.8) is 0 Å². The lowest BCUT2D eigenvalue weighted by atomic mass is 10.5. The molecule has 0 amide bonds. The van der Waals surface area contributed by atoms with E-state index in [1.165, 1.54) is 11.8 Å². The first-order chi connectivity index (χ1) is 5.86. The molecule has 0 aliphatic carbocycles. The van der Waals surface area contributed by atoms with Crippen molar-refractivity contribution in [3.05, 3.63) is 0 Å². The Bertz CT molecular complexity index is 204. The highest BCUT2D eigenvalue weighted by atomic mass is 32.2. The van der Waals surface area contributed by atoms with E-state index in [0.29, 0.717) is 5.75 Å². The molecule has 0 aromatic rings. The maximum absolute atomic E-state index is 10.5. The second kappa shape index (κ2) is 5.66. The van der Waals surface area contributed by atoms with Crippen molar-refractivity contribution in [2.24, 2.45) is 0 Å². The zero-order valence-corrected chi connectivity index (χ0v) is 9.24. The van der Waals surface area contributed by atoms with Crippen molar-refractivity contribution in [2.45, 2.75) is 10.5 Å². The lowest BCUT2D eigenvalue weighted by Crippen LogP contribution is -2.28. The standard InChI is InChI=1S/C6H10O4S3/c7-4(8)1-2-13-3-6(11,12)5(9)10/h11-12H,1-3H2,(H,7,8)(H,9,10). The molecule has 4 nitrogen and oxygen atoms in total. The van der Waals surface area contributed by atoms with Crippen molar-refractivity contribution in [3.8, 4) is 0 Å². The Morgan fingerprint density at radius 1 is 1.31 bits per heavy atom. The minimum Gasteiger partial charge on any atom is -0.481 e. The molecule has 0 rings (SSSR count). The van der Waals surface area contributed by atoms with Gasteiger partial charge >= 0.3 is 11.9 Å². The number of rotatable bonds is 6. The van der Waals surface area contributed by atoms with Gasteiger partial charge in [-0.3, -0.25) is 4.79 Å². The Balaban J connectivity index is 3.64. The lowest BCUT2D eigenvalue weighted by molar-refractivity contribution is -0.137. The van der Waals surface area contributed by atoms with Crippen LogP contribution in [0.2, 0.25) is 0 Å². The molecule has 0 aliphatic heterocycles. The predicted octanol–water partition coefficient (Wildman–Crippen LogP) is 0.835.